The number of aromatic nitrogens is 2. The van der Waals surface area contributed by atoms with Gasteiger partial charge in [-0.05, 0) is 31.2 Å². The SMILES string of the molecule is CCOc1nc2ccc(F)cc2n1-c1cccc2c1OC[C@H]2N(C(=O)C(F)(F)F)c1ccc2c(c1)OC[C@H]2CC(=O)OC. The van der Waals surface area contributed by atoms with E-state index in [1.807, 2.05) is 0 Å². The molecule has 1 amide bonds. The zero-order valence-corrected chi connectivity index (χ0v) is 23.0. The molecule has 3 heterocycles. The van der Waals surface area contributed by atoms with Gasteiger partial charge in [-0.1, -0.05) is 18.2 Å². The van der Waals surface area contributed by atoms with Crippen molar-refractivity contribution in [3.05, 3.63) is 71.5 Å². The number of imidazole rings is 1. The fraction of sp³-hybridized carbons (Fsp3) is 0.300. The number of methoxy groups -OCH3 is 1. The Hall–Kier alpha value is -4.81. The molecule has 0 unspecified atom stereocenters. The summed E-state index contributed by atoms with van der Waals surface area (Å²) in [5.41, 5.74) is 2.04. The van der Waals surface area contributed by atoms with Crippen molar-refractivity contribution in [1.82, 2.24) is 9.55 Å². The Kier molecular flexibility index (Phi) is 7.10. The number of nitrogens with zero attached hydrogens (tertiary/aromatic N) is 3. The second-order valence-electron chi connectivity index (χ2n) is 10.0. The number of anilines is 1. The molecular weight excluding hydrogens is 574 g/mol. The lowest BCUT2D eigenvalue weighted by Gasteiger charge is -2.29. The molecule has 0 saturated heterocycles. The van der Waals surface area contributed by atoms with Gasteiger partial charge in [-0.3, -0.25) is 19.1 Å². The number of carbonyl (C=O) groups is 2. The fourth-order valence-corrected chi connectivity index (χ4v) is 5.53. The fourth-order valence-electron chi connectivity index (χ4n) is 5.53. The lowest BCUT2D eigenvalue weighted by atomic mass is 9.97. The highest BCUT2D eigenvalue weighted by atomic mass is 19.4. The second kappa shape index (κ2) is 10.8. The van der Waals surface area contributed by atoms with Crippen molar-refractivity contribution in [2.45, 2.75) is 31.5 Å². The third-order valence-corrected chi connectivity index (χ3v) is 7.44. The topological polar surface area (TPSA) is 92.1 Å². The molecular formula is C30H25F4N3O6. The normalized spacial score (nSPS) is 17.2. The summed E-state index contributed by atoms with van der Waals surface area (Å²) in [6, 6.07) is 12.1. The van der Waals surface area contributed by atoms with E-state index in [4.69, 9.17) is 18.9 Å². The maximum Gasteiger partial charge on any atom is 0.471 e. The third-order valence-electron chi connectivity index (χ3n) is 7.44. The van der Waals surface area contributed by atoms with Crippen molar-refractivity contribution in [3.8, 4) is 23.2 Å². The Balaban J connectivity index is 1.44. The van der Waals surface area contributed by atoms with Gasteiger partial charge in [-0.25, -0.2) is 4.39 Å². The third kappa shape index (κ3) is 4.98. The Morgan fingerprint density at radius 2 is 1.88 bits per heavy atom. The van der Waals surface area contributed by atoms with Crippen molar-refractivity contribution in [2.75, 3.05) is 31.8 Å². The van der Waals surface area contributed by atoms with E-state index in [0.717, 1.165) is 0 Å². The Morgan fingerprint density at radius 1 is 1.07 bits per heavy atom. The van der Waals surface area contributed by atoms with Gasteiger partial charge >= 0.3 is 24.1 Å². The summed E-state index contributed by atoms with van der Waals surface area (Å²) in [6.45, 7) is 1.85. The largest absolute Gasteiger partial charge is 0.493 e. The van der Waals surface area contributed by atoms with Crippen LogP contribution in [0.2, 0.25) is 0 Å². The second-order valence-corrected chi connectivity index (χ2v) is 10.0. The monoisotopic (exact) mass is 599 g/mol. The number of rotatable bonds is 7. The molecule has 0 saturated carbocycles. The van der Waals surface area contributed by atoms with Crippen LogP contribution in [0.1, 0.15) is 36.4 Å². The molecule has 0 aliphatic carbocycles. The highest BCUT2D eigenvalue weighted by molar-refractivity contribution is 5.98. The molecule has 0 N–H and O–H groups in total. The van der Waals surface area contributed by atoms with Crippen LogP contribution >= 0.6 is 0 Å². The minimum Gasteiger partial charge on any atom is -0.493 e. The van der Waals surface area contributed by atoms with E-state index in [9.17, 15) is 27.2 Å². The molecule has 2 aliphatic rings. The molecule has 3 aromatic carbocycles. The summed E-state index contributed by atoms with van der Waals surface area (Å²) in [7, 11) is 1.26. The molecule has 0 bridgehead atoms. The predicted molar refractivity (Wildman–Crippen MR) is 145 cm³/mol. The zero-order chi connectivity index (χ0) is 30.5. The number of esters is 1. The van der Waals surface area contributed by atoms with E-state index in [0.29, 0.717) is 32.7 Å². The molecule has 1 aromatic heterocycles. The van der Waals surface area contributed by atoms with Gasteiger partial charge < -0.3 is 18.9 Å². The summed E-state index contributed by atoms with van der Waals surface area (Å²) in [6.07, 6.45) is -5.16. The molecule has 2 aliphatic heterocycles. The zero-order valence-electron chi connectivity index (χ0n) is 23.0. The maximum absolute atomic E-state index is 14.3. The van der Waals surface area contributed by atoms with E-state index in [-0.39, 0.29) is 55.4 Å². The molecule has 6 rings (SSSR count). The summed E-state index contributed by atoms with van der Waals surface area (Å²) in [5, 5.41) is 0. The lowest BCUT2D eigenvalue weighted by Crippen LogP contribution is -2.44. The van der Waals surface area contributed by atoms with Gasteiger partial charge in [0.25, 0.3) is 0 Å². The van der Waals surface area contributed by atoms with Crippen LogP contribution in [-0.4, -0.2) is 54.5 Å². The van der Waals surface area contributed by atoms with Crippen LogP contribution in [0.25, 0.3) is 16.7 Å². The molecule has 43 heavy (non-hydrogen) atoms. The Labute approximate surface area is 242 Å². The quantitative estimate of drug-likeness (QED) is 0.201. The van der Waals surface area contributed by atoms with E-state index >= 15 is 0 Å². The minimum absolute atomic E-state index is 0.0389. The van der Waals surface area contributed by atoms with Gasteiger partial charge in [-0.2, -0.15) is 18.2 Å². The summed E-state index contributed by atoms with van der Waals surface area (Å²) < 4.78 is 79.9. The average molecular weight is 600 g/mol. The maximum atomic E-state index is 14.3. The van der Waals surface area contributed by atoms with Gasteiger partial charge in [0.1, 0.15) is 23.9 Å². The van der Waals surface area contributed by atoms with E-state index < -0.39 is 29.9 Å². The molecule has 2 atom stereocenters. The summed E-state index contributed by atoms with van der Waals surface area (Å²) in [5.74, 6) is -2.92. The number of carbonyl (C=O) groups excluding carboxylic acids is 2. The molecule has 0 fully saturated rings. The van der Waals surface area contributed by atoms with Gasteiger partial charge in [0.15, 0.2) is 0 Å². The molecule has 0 radical (unpaired) electrons. The number of hydrogen-bond donors (Lipinski definition) is 0. The highest BCUT2D eigenvalue weighted by Gasteiger charge is 2.48. The van der Waals surface area contributed by atoms with E-state index in [1.54, 1.807) is 31.2 Å². The smallest absolute Gasteiger partial charge is 0.471 e. The standard InChI is InChI=1S/C30H25F4N3O6/c1-3-41-29-35-21-10-7-17(31)12-23(21)37(29)22-6-4-5-20-24(15-43-27(20)22)36(28(39)30(32,33)34)18-8-9-19-16(11-26(38)40-2)14-42-25(19)13-18/h4-10,12-13,16,24H,3,11,14-15H2,1-2H3/t16-,24-/m1/s1. The van der Waals surface area contributed by atoms with Gasteiger partial charge in [0.05, 0.1) is 49.5 Å². The van der Waals surface area contributed by atoms with Crippen molar-refractivity contribution >= 4 is 28.6 Å². The first-order chi connectivity index (χ1) is 20.6. The van der Waals surface area contributed by atoms with Crippen molar-refractivity contribution < 1.29 is 46.1 Å². The lowest BCUT2D eigenvalue weighted by molar-refractivity contribution is -0.171. The molecule has 0 spiro atoms. The predicted octanol–water partition coefficient (Wildman–Crippen LogP) is 5.63. The minimum atomic E-state index is -5.20. The number of para-hydroxylation sites is 1. The number of hydrogen-bond acceptors (Lipinski definition) is 7. The molecule has 4 aromatic rings. The van der Waals surface area contributed by atoms with Gasteiger partial charge in [0.2, 0.25) is 0 Å². The number of amides is 1. The number of alkyl halides is 3. The van der Waals surface area contributed by atoms with Crippen LogP contribution < -0.4 is 19.1 Å². The number of fused-ring (bicyclic) bond motifs is 3. The average Bonchev–Trinajstić information content (AvgIpc) is 3.68. The number of ether oxygens (including phenoxy) is 4. The van der Waals surface area contributed by atoms with Crippen LogP contribution in [0.4, 0.5) is 23.2 Å². The molecule has 9 nitrogen and oxygen atoms in total. The van der Waals surface area contributed by atoms with Crippen molar-refractivity contribution in [1.29, 1.82) is 0 Å². The summed E-state index contributed by atoms with van der Waals surface area (Å²) >= 11 is 0. The van der Waals surface area contributed by atoms with Crippen molar-refractivity contribution in [2.24, 2.45) is 0 Å². The van der Waals surface area contributed by atoms with Gasteiger partial charge in [-0.15, -0.1) is 0 Å². The first kappa shape index (κ1) is 28.3. The van der Waals surface area contributed by atoms with Gasteiger partial charge in [0, 0.05) is 34.9 Å². The Bertz CT molecular complexity index is 1740. The van der Waals surface area contributed by atoms with Crippen LogP contribution in [0.5, 0.6) is 17.5 Å². The Morgan fingerprint density at radius 3 is 2.63 bits per heavy atom. The van der Waals surface area contributed by atoms with Crippen LogP contribution in [0.15, 0.2) is 54.6 Å². The van der Waals surface area contributed by atoms with E-state index in [1.165, 1.54) is 42.0 Å². The molecule has 224 valence electrons. The van der Waals surface area contributed by atoms with Crippen LogP contribution in [0, 0.1) is 5.82 Å². The highest BCUT2D eigenvalue weighted by Crippen LogP contribution is 2.46. The number of halogens is 4. The molecule has 13 heteroatoms. The van der Waals surface area contributed by atoms with Crippen LogP contribution in [0.3, 0.4) is 0 Å². The first-order valence-corrected chi connectivity index (χ1v) is 13.4. The first-order valence-electron chi connectivity index (χ1n) is 13.4. The van der Waals surface area contributed by atoms with Crippen LogP contribution in [-0.2, 0) is 14.3 Å². The van der Waals surface area contributed by atoms with E-state index in [2.05, 4.69) is 4.98 Å². The number of benzene rings is 3. The van der Waals surface area contributed by atoms with Crippen molar-refractivity contribution in [3.63, 3.8) is 0 Å². The summed E-state index contributed by atoms with van der Waals surface area (Å²) in [4.78, 5) is 29.8.